The highest BCUT2D eigenvalue weighted by Gasteiger charge is 2.54. The van der Waals surface area contributed by atoms with E-state index < -0.39 is 17.8 Å². The van der Waals surface area contributed by atoms with Crippen molar-refractivity contribution < 1.29 is 24.2 Å². The summed E-state index contributed by atoms with van der Waals surface area (Å²) in [7, 11) is 3.07. The Morgan fingerprint density at radius 3 is 2.43 bits per heavy atom. The third kappa shape index (κ3) is 2.73. The quantitative estimate of drug-likeness (QED) is 0.870. The molecule has 2 fully saturated rings. The van der Waals surface area contributed by atoms with Gasteiger partial charge < -0.3 is 19.9 Å². The molecule has 2 N–H and O–H groups in total. The normalized spacial score (nSPS) is 28.4. The summed E-state index contributed by atoms with van der Waals surface area (Å²) in [5.74, 6) is -0.741. The van der Waals surface area contributed by atoms with Gasteiger partial charge in [0.25, 0.3) is 0 Å². The van der Waals surface area contributed by atoms with E-state index in [9.17, 15) is 14.7 Å². The molecule has 3 rings (SSSR count). The van der Waals surface area contributed by atoms with E-state index in [-0.39, 0.29) is 17.7 Å². The lowest BCUT2D eigenvalue weighted by Gasteiger charge is -2.27. The molecule has 2 saturated carbocycles. The molecule has 1 amide bonds. The van der Waals surface area contributed by atoms with Gasteiger partial charge in [0, 0.05) is 6.07 Å². The molecule has 0 saturated heterocycles. The van der Waals surface area contributed by atoms with Crippen molar-refractivity contribution in [3.8, 4) is 11.5 Å². The maximum absolute atomic E-state index is 12.7. The zero-order valence-electron chi connectivity index (χ0n) is 13.2. The Balaban J connectivity index is 1.83. The molecule has 0 aliphatic heterocycles. The Morgan fingerprint density at radius 2 is 1.83 bits per heavy atom. The summed E-state index contributed by atoms with van der Waals surface area (Å²) in [6, 6.07) is 5.13. The van der Waals surface area contributed by atoms with E-state index >= 15 is 0 Å². The van der Waals surface area contributed by atoms with Gasteiger partial charge >= 0.3 is 5.97 Å². The molecule has 0 unspecified atom stereocenters. The van der Waals surface area contributed by atoms with Crippen molar-refractivity contribution >= 4 is 17.6 Å². The Hall–Kier alpha value is -2.24. The van der Waals surface area contributed by atoms with Crippen LogP contribution in [0.2, 0.25) is 0 Å². The van der Waals surface area contributed by atoms with E-state index in [1.54, 1.807) is 25.3 Å². The molecular weight excluding hydrogens is 298 g/mol. The number of rotatable bonds is 5. The van der Waals surface area contributed by atoms with Gasteiger partial charge in [0.1, 0.15) is 11.5 Å². The first-order valence-corrected chi connectivity index (χ1v) is 7.80. The molecule has 2 bridgehead atoms. The number of ether oxygens (including phenoxy) is 2. The van der Waals surface area contributed by atoms with E-state index in [0.29, 0.717) is 17.2 Å². The van der Waals surface area contributed by atoms with Crippen molar-refractivity contribution in [2.75, 3.05) is 19.5 Å². The summed E-state index contributed by atoms with van der Waals surface area (Å²) in [5.41, 5.74) is 0.503. The molecule has 6 heteroatoms. The van der Waals surface area contributed by atoms with Gasteiger partial charge in [-0.1, -0.05) is 0 Å². The molecule has 0 aromatic heterocycles. The number of carbonyl (C=O) groups excluding carboxylic acids is 1. The monoisotopic (exact) mass is 319 g/mol. The van der Waals surface area contributed by atoms with Gasteiger partial charge in [0.2, 0.25) is 5.91 Å². The molecular formula is C17H21NO5. The van der Waals surface area contributed by atoms with E-state index in [1.807, 2.05) is 0 Å². The van der Waals surface area contributed by atoms with Gasteiger partial charge in [0.05, 0.1) is 31.7 Å². The standard InChI is InChI=1S/C17H21NO5/c1-22-11-5-6-13(23-2)12(8-11)18-16(19)14-9-3-4-10(7-9)15(14)17(20)21/h5-6,8-10,14-15H,3-4,7H2,1-2H3,(H,18,19)(H,20,21)/t9-,10-,14-,15-/m0/s1. The average molecular weight is 319 g/mol. The highest BCUT2D eigenvalue weighted by atomic mass is 16.5. The van der Waals surface area contributed by atoms with Gasteiger partial charge in [-0.2, -0.15) is 0 Å². The highest BCUT2D eigenvalue weighted by molar-refractivity contribution is 5.97. The van der Waals surface area contributed by atoms with Crippen LogP contribution < -0.4 is 14.8 Å². The van der Waals surface area contributed by atoms with Crippen LogP contribution in [0, 0.1) is 23.7 Å². The van der Waals surface area contributed by atoms with Crippen LogP contribution in [0.5, 0.6) is 11.5 Å². The van der Waals surface area contributed by atoms with Crippen LogP contribution in [0.1, 0.15) is 19.3 Å². The maximum atomic E-state index is 12.7. The van der Waals surface area contributed by atoms with Crippen LogP contribution in [-0.2, 0) is 9.59 Å². The van der Waals surface area contributed by atoms with Crippen LogP contribution in [-0.4, -0.2) is 31.2 Å². The largest absolute Gasteiger partial charge is 0.497 e. The molecule has 23 heavy (non-hydrogen) atoms. The molecule has 1 aromatic rings. The zero-order chi connectivity index (χ0) is 16.6. The molecule has 2 aliphatic rings. The minimum Gasteiger partial charge on any atom is -0.497 e. The van der Waals surface area contributed by atoms with Gasteiger partial charge in [-0.25, -0.2) is 0 Å². The minimum absolute atomic E-state index is 0.125. The first-order valence-electron chi connectivity index (χ1n) is 7.80. The lowest BCUT2D eigenvalue weighted by Crippen LogP contribution is -2.37. The number of nitrogens with one attached hydrogen (secondary N) is 1. The number of carboxylic acids is 1. The smallest absolute Gasteiger partial charge is 0.307 e. The number of fused-ring (bicyclic) bond motifs is 2. The maximum Gasteiger partial charge on any atom is 0.307 e. The number of amides is 1. The molecule has 0 heterocycles. The molecule has 0 spiro atoms. The Bertz CT molecular complexity index is 629. The van der Waals surface area contributed by atoms with E-state index in [2.05, 4.69) is 5.32 Å². The van der Waals surface area contributed by atoms with Gasteiger partial charge in [0.15, 0.2) is 0 Å². The van der Waals surface area contributed by atoms with Crippen molar-refractivity contribution in [3.63, 3.8) is 0 Å². The van der Waals surface area contributed by atoms with Gasteiger partial charge in [-0.05, 0) is 43.2 Å². The zero-order valence-corrected chi connectivity index (χ0v) is 13.2. The summed E-state index contributed by atoms with van der Waals surface area (Å²) >= 11 is 0. The van der Waals surface area contributed by atoms with E-state index in [4.69, 9.17) is 9.47 Å². The van der Waals surface area contributed by atoms with Crippen molar-refractivity contribution in [3.05, 3.63) is 18.2 Å². The fourth-order valence-corrected chi connectivity index (χ4v) is 4.15. The molecule has 1 aromatic carbocycles. The van der Waals surface area contributed by atoms with Gasteiger partial charge in [-0.15, -0.1) is 0 Å². The summed E-state index contributed by atoms with van der Waals surface area (Å²) in [6.07, 6.45) is 2.68. The second kappa shape index (κ2) is 6.10. The van der Waals surface area contributed by atoms with Crippen LogP contribution in [0.25, 0.3) is 0 Å². The topological polar surface area (TPSA) is 84.9 Å². The first kappa shape index (κ1) is 15.6. The lowest BCUT2D eigenvalue weighted by molar-refractivity contribution is -0.148. The second-order valence-electron chi connectivity index (χ2n) is 6.28. The van der Waals surface area contributed by atoms with Crippen LogP contribution in [0.15, 0.2) is 18.2 Å². The molecule has 0 radical (unpaired) electrons. The molecule has 124 valence electrons. The summed E-state index contributed by atoms with van der Waals surface area (Å²) in [4.78, 5) is 24.3. The van der Waals surface area contributed by atoms with E-state index in [0.717, 1.165) is 19.3 Å². The first-order chi connectivity index (χ1) is 11.0. The summed E-state index contributed by atoms with van der Waals surface area (Å²) in [6.45, 7) is 0. The van der Waals surface area contributed by atoms with Crippen molar-refractivity contribution in [1.29, 1.82) is 0 Å². The SMILES string of the molecule is COc1ccc(OC)c(NC(=O)[C@H]2[C@H]3CC[C@@H](C3)[C@@H]2C(=O)O)c1. The average Bonchev–Trinajstić information content (AvgIpc) is 3.15. The van der Waals surface area contributed by atoms with Crippen LogP contribution in [0.4, 0.5) is 5.69 Å². The Labute approximate surface area is 134 Å². The predicted octanol–water partition coefficient (Wildman–Crippen LogP) is 2.39. The third-order valence-corrected chi connectivity index (χ3v) is 5.17. The Kier molecular flexibility index (Phi) is 4.15. The molecule has 2 aliphatic carbocycles. The second-order valence-corrected chi connectivity index (χ2v) is 6.28. The van der Waals surface area contributed by atoms with Crippen LogP contribution in [0.3, 0.4) is 0 Å². The number of aliphatic carboxylic acids is 1. The number of carboxylic acid groups (broad SMARTS) is 1. The van der Waals surface area contributed by atoms with E-state index in [1.165, 1.54) is 7.11 Å². The molecule has 6 nitrogen and oxygen atoms in total. The lowest BCUT2D eigenvalue weighted by atomic mass is 9.78. The number of benzene rings is 1. The minimum atomic E-state index is -0.866. The third-order valence-electron chi connectivity index (χ3n) is 5.17. The Morgan fingerprint density at radius 1 is 1.13 bits per heavy atom. The predicted molar refractivity (Wildman–Crippen MR) is 83.6 cm³/mol. The molecule has 4 atom stereocenters. The van der Waals surface area contributed by atoms with Crippen LogP contribution >= 0.6 is 0 Å². The summed E-state index contributed by atoms with van der Waals surface area (Å²) < 4.78 is 10.4. The number of anilines is 1. The fourth-order valence-electron chi connectivity index (χ4n) is 4.15. The highest BCUT2D eigenvalue weighted by Crippen LogP contribution is 2.52. The van der Waals surface area contributed by atoms with Crippen molar-refractivity contribution in [1.82, 2.24) is 0 Å². The summed E-state index contributed by atoms with van der Waals surface area (Å²) in [5, 5.41) is 12.3. The van der Waals surface area contributed by atoms with Crippen molar-refractivity contribution in [2.45, 2.75) is 19.3 Å². The number of methoxy groups -OCH3 is 2. The fraction of sp³-hybridized carbons (Fsp3) is 0.529. The van der Waals surface area contributed by atoms with Crippen molar-refractivity contribution in [2.24, 2.45) is 23.7 Å². The van der Waals surface area contributed by atoms with Gasteiger partial charge in [-0.3, -0.25) is 9.59 Å². The number of hydrogen-bond acceptors (Lipinski definition) is 4. The number of hydrogen-bond donors (Lipinski definition) is 2. The number of carbonyl (C=O) groups is 2.